The number of aromatic nitrogens is 2. The molecule has 0 fully saturated rings. The predicted molar refractivity (Wildman–Crippen MR) is 122 cm³/mol. The molecule has 31 heavy (non-hydrogen) atoms. The Labute approximate surface area is 181 Å². The molecule has 2 amide bonds. The number of urea groups is 1. The van der Waals surface area contributed by atoms with Crippen LogP contribution >= 0.6 is 0 Å². The van der Waals surface area contributed by atoms with E-state index in [1.54, 1.807) is 12.1 Å². The van der Waals surface area contributed by atoms with Crippen molar-refractivity contribution in [2.24, 2.45) is 0 Å². The average Bonchev–Trinajstić information content (AvgIpc) is 3.21. The third-order valence-electron chi connectivity index (χ3n) is 5.10. The Bertz CT molecular complexity index is 1200. The van der Waals surface area contributed by atoms with Crippen LogP contribution in [0.5, 0.6) is 0 Å². The van der Waals surface area contributed by atoms with Crippen LogP contribution in [0.2, 0.25) is 0 Å². The van der Waals surface area contributed by atoms with Crippen molar-refractivity contribution in [2.45, 2.75) is 27.2 Å². The van der Waals surface area contributed by atoms with Gasteiger partial charge in [0.15, 0.2) is 0 Å². The van der Waals surface area contributed by atoms with Crippen LogP contribution in [0, 0.1) is 20.8 Å². The first-order valence-corrected chi connectivity index (χ1v) is 10.1. The highest BCUT2D eigenvalue weighted by Crippen LogP contribution is 2.22. The van der Waals surface area contributed by atoms with Gasteiger partial charge < -0.3 is 15.1 Å². The largest absolute Gasteiger partial charge is 0.420 e. The first-order valence-electron chi connectivity index (χ1n) is 10.1. The summed E-state index contributed by atoms with van der Waals surface area (Å²) in [5, 5.41) is 14.0. The third kappa shape index (κ3) is 5.17. The van der Waals surface area contributed by atoms with E-state index in [0.29, 0.717) is 23.9 Å². The quantitative estimate of drug-likeness (QED) is 0.428. The van der Waals surface area contributed by atoms with Gasteiger partial charge in [-0.25, -0.2) is 4.79 Å². The summed E-state index contributed by atoms with van der Waals surface area (Å²) >= 11 is 0. The normalized spacial score (nSPS) is 10.7. The molecule has 3 aromatic carbocycles. The fourth-order valence-corrected chi connectivity index (χ4v) is 3.13. The van der Waals surface area contributed by atoms with E-state index in [2.05, 4.69) is 52.0 Å². The molecule has 0 atom stereocenters. The standard InChI is InChI=1S/C25H24N4O2/c1-16-4-7-19(8-5-16)15-23-28-29-24(31-23)20-9-12-21(13-10-20)26-25(30)27-22-11-6-17(2)18(3)14-22/h4-14H,15H2,1-3H3,(H2,26,27,30). The molecule has 6 heteroatoms. The van der Waals surface area contributed by atoms with E-state index < -0.39 is 0 Å². The summed E-state index contributed by atoms with van der Waals surface area (Å²) in [6.45, 7) is 6.11. The van der Waals surface area contributed by atoms with Crippen molar-refractivity contribution in [3.8, 4) is 11.5 Å². The minimum Gasteiger partial charge on any atom is -0.420 e. The van der Waals surface area contributed by atoms with Crippen molar-refractivity contribution in [1.29, 1.82) is 0 Å². The molecule has 0 aliphatic rings. The Morgan fingerprint density at radius 2 is 1.48 bits per heavy atom. The van der Waals surface area contributed by atoms with E-state index in [0.717, 1.165) is 22.4 Å². The van der Waals surface area contributed by atoms with Crippen LogP contribution in [-0.4, -0.2) is 16.2 Å². The van der Waals surface area contributed by atoms with Gasteiger partial charge in [-0.3, -0.25) is 0 Å². The number of hydrogen-bond donors (Lipinski definition) is 2. The Morgan fingerprint density at radius 3 is 2.19 bits per heavy atom. The second kappa shape index (κ2) is 8.83. The summed E-state index contributed by atoms with van der Waals surface area (Å²) in [5.74, 6) is 1.02. The number of carbonyl (C=O) groups is 1. The lowest BCUT2D eigenvalue weighted by Crippen LogP contribution is -2.19. The minimum atomic E-state index is -0.297. The summed E-state index contributed by atoms with van der Waals surface area (Å²) in [7, 11) is 0. The fraction of sp³-hybridized carbons (Fsp3) is 0.160. The molecule has 0 bridgehead atoms. The number of benzene rings is 3. The number of amides is 2. The van der Waals surface area contributed by atoms with Gasteiger partial charge in [0.25, 0.3) is 0 Å². The van der Waals surface area contributed by atoms with Crippen molar-refractivity contribution < 1.29 is 9.21 Å². The van der Waals surface area contributed by atoms with Gasteiger partial charge in [-0.05, 0) is 73.9 Å². The van der Waals surface area contributed by atoms with Gasteiger partial charge in [0.2, 0.25) is 11.8 Å². The molecule has 2 N–H and O–H groups in total. The van der Waals surface area contributed by atoms with Gasteiger partial charge in [-0.2, -0.15) is 0 Å². The van der Waals surface area contributed by atoms with Gasteiger partial charge in [-0.15, -0.1) is 10.2 Å². The van der Waals surface area contributed by atoms with Crippen LogP contribution in [0.4, 0.5) is 16.2 Å². The maximum Gasteiger partial charge on any atom is 0.323 e. The van der Waals surface area contributed by atoms with E-state index in [1.165, 1.54) is 11.1 Å². The maximum atomic E-state index is 12.3. The minimum absolute atomic E-state index is 0.297. The Morgan fingerprint density at radius 1 is 0.806 bits per heavy atom. The SMILES string of the molecule is Cc1ccc(Cc2nnc(-c3ccc(NC(=O)Nc4ccc(C)c(C)c4)cc3)o2)cc1. The lowest BCUT2D eigenvalue weighted by Gasteiger charge is -2.09. The molecule has 0 spiro atoms. The lowest BCUT2D eigenvalue weighted by atomic mass is 10.1. The van der Waals surface area contributed by atoms with Gasteiger partial charge >= 0.3 is 6.03 Å². The van der Waals surface area contributed by atoms with Crippen molar-refractivity contribution in [3.63, 3.8) is 0 Å². The second-order valence-electron chi connectivity index (χ2n) is 7.62. The Kier molecular flexibility index (Phi) is 5.80. The first kappa shape index (κ1) is 20.3. The summed E-state index contributed by atoms with van der Waals surface area (Å²) in [6, 6.07) is 21.1. The number of anilines is 2. The lowest BCUT2D eigenvalue weighted by molar-refractivity contribution is 0.262. The van der Waals surface area contributed by atoms with Crippen LogP contribution in [0.25, 0.3) is 11.5 Å². The number of rotatable bonds is 5. The monoisotopic (exact) mass is 412 g/mol. The highest BCUT2D eigenvalue weighted by Gasteiger charge is 2.10. The number of nitrogens with zero attached hydrogens (tertiary/aromatic N) is 2. The predicted octanol–water partition coefficient (Wildman–Crippen LogP) is 5.90. The van der Waals surface area contributed by atoms with Crippen molar-refractivity contribution >= 4 is 17.4 Å². The van der Waals surface area contributed by atoms with Crippen LogP contribution in [0.1, 0.15) is 28.1 Å². The Balaban J connectivity index is 1.37. The van der Waals surface area contributed by atoms with Gasteiger partial charge in [0, 0.05) is 16.9 Å². The fourth-order valence-electron chi connectivity index (χ4n) is 3.13. The smallest absolute Gasteiger partial charge is 0.323 e. The van der Waals surface area contributed by atoms with Gasteiger partial charge in [-0.1, -0.05) is 35.9 Å². The zero-order valence-electron chi connectivity index (χ0n) is 17.8. The topological polar surface area (TPSA) is 80.0 Å². The van der Waals surface area contributed by atoms with Crippen molar-refractivity contribution in [2.75, 3.05) is 10.6 Å². The second-order valence-corrected chi connectivity index (χ2v) is 7.62. The summed E-state index contributed by atoms with van der Waals surface area (Å²) in [5.41, 5.74) is 6.87. The van der Waals surface area contributed by atoms with Crippen LogP contribution in [0.3, 0.4) is 0 Å². The van der Waals surface area contributed by atoms with Crippen LogP contribution < -0.4 is 10.6 Å². The van der Waals surface area contributed by atoms with E-state index in [9.17, 15) is 4.79 Å². The van der Waals surface area contributed by atoms with E-state index in [-0.39, 0.29) is 6.03 Å². The van der Waals surface area contributed by atoms with Crippen LogP contribution in [0.15, 0.2) is 71.1 Å². The van der Waals surface area contributed by atoms with Crippen molar-refractivity contribution in [1.82, 2.24) is 10.2 Å². The molecule has 0 unspecified atom stereocenters. The van der Waals surface area contributed by atoms with E-state index >= 15 is 0 Å². The number of hydrogen-bond acceptors (Lipinski definition) is 4. The van der Waals surface area contributed by atoms with Crippen LogP contribution in [-0.2, 0) is 6.42 Å². The molecule has 1 aromatic heterocycles. The average molecular weight is 412 g/mol. The zero-order valence-corrected chi connectivity index (χ0v) is 17.8. The molecule has 1 heterocycles. The molecule has 4 aromatic rings. The van der Waals surface area contributed by atoms with E-state index in [1.807, 2.05) is 44.2 Å². The molecule has 6 nitrogen and oxygen atoms in total. The highest BCUT2D eigenvalue weighted by atomic mass is 16.4. The van der Waals surface area contributed by atoms with Gasteiger partial charge in [0.05, 0.1) is 6.42 Å². The summed E-state index contributed by atoms with van der Waals surface area (Å²) in [6.07, 6.45) is 0.589. The highest BCUT2D eigenvalue weighted by molar-refractivity contribution is 5.99. The number of aryl methyl sites for hydroxylation is 3. The third-order valence-corrected chi connectivity index (χ3v) is 5.10. The molecule has 0 saturated heterocycles. The molecule has 0 aliphatic heterocycles. The Hall–Kier alpha value is -3.93. The molecule has 4 rings (SSSR count). The zero-order chi connectivity index (χ0) is 21.8. The van der Waals surface area contributed by atoms with Gasteiger partial charge in [0.1, 0.15) is 0 Å². The molecule has 0 radical (unpaired) electrons. The summed E-state index contributed by atoms with van der Waals surface area (Å²) < 4.78 is 5.80. The maximum absolute atomic E-state index is 12.3. The molecule has 0 aliphatic carbocycles. The van der Waals surface area contributed by atoms with E-state index in [4.69, 9.17) is 4.42 Å². The molecule has 0 saturated carbocycles. The first-order chi connectivity index (χ1) is 15.0. The van der Waals surface area contributed by atoms with Crippen molar-refractivity contribution in [3.05, 3.63) is 94.9 Å². The summed E-state index contributed by atoms with van der Waals surface area (Å²) in [4.78, 5) is 12.3. The molecular weight excluding hydrogens is 388 g/mol. The number of nitrogens with one attached hydrogen (secondary N) is 2. The molecule has 156 valence electrons. The number of carbonyl (C=O) groups excluding carboxylic acids is 1. The molecular formula is C25H24N4O2.